The number of aliphatic imine (C=N–C) groups is 1. The predicted octanol–water partition coefficient (Wildman–Crippen LogP) is 1.85. The van der Waals surface area contributed by atoms with Crippen LogP contribution in [0.3, 0.4) is 0 Å². The fraction of sp³-hybridized carbons (Fsp3) is 0.364. The van der Waals surface area contributed by atoms with Gasteiger partial charge in [0.25, 0.3) is 5.91 Å². The van der Waals surface area contributed by atoms with E-state index < -0.39 is 12.0 Å². The molecule has 1 aliphatic heterocycles. The summed E-state index contributed by atoms with van der Waals surface area (Å²) < 4.78 is 26.2. The quantitative estimate of drug-likeness (QED) is 0.669. The number of hydrogen-bond acceptors (Lipinski definition) is 2. The SMILES string of the molecule is O=C1C2=CC(F)C(F)=CC2=NC(=S)N1C1CC1. The number of halogens is 2. The lowest BCUT2D eigenvalue weighted by Crippen LogP contribution is -2.44. The van der Waals surface area contributed by atoms with Crippen molar-refractivity contribution in [3.63, 3.8) is 0 Å². The van der Waals surface area contributed by atoms with Crippen molar-refractivity contribution in [3.8, 4) is 0 Å². The number of carbonyl (C=O) groups is 1. The third-order valence-corrected chi connectivity index (χ3v) is 3.20. The van der Waals surface area contributed by atoms with Gasteiger partial charge in [0.05, 0.1) is 11.3 Å². The molecule has 0 aromatic carbocycles. The number of amides is 1. The molecule has 0 bridgehead atoms. The Labute approximate surface area is 101 Å². The molecule has 3 rings (SSSR count). The van der Waals surface area contributed by atoms with Crippen LogP contribution in [0.5, 0.6) is 0 Å². The molecule has 2 aliphatic carbocycles. The van der Waals surface area contributed by atoms with Crippen LogP contribution in [-0.4, -0.2) is 33.8 Å². The lowest BCUT2D eigenvalue weighted by Gasteiger charge is -2.28. The smallest absolute Gasteiger partial charge is 0.262 e. The van der Waals surface area contributed by atoms with Crippen LogP contribution in [0.15, 0.2) is 28.5 Å². The number of hydrogen-bond donors (Lipinski definition) is 0. The van der Waals surface area contributed by atoms with Gasteiger partial charge in [-0.05, 0) is 37.2 Å². The maximum Gasteiger partial charge on any atom is 0.262 e. The second kappa shape index (κ2) is 3.53. The Kier molecular flexibility index (Phi) is 2.22. The van der Waals surface area contributed by atoms with Crippen LogP contribution in [-0.2, 0) is 4.79 Å². The fourth-order valence-corrected chi connectivity index (χ4v) is 2.23. The first-order valence-corrected chi connectivity index (χ1v) is 5.68. The third-order valence-electron chi connectivity index (χ3n) is 2.91. The summed E-state index contributed by atoms with van der Waals surface area (Å²) in [5.74, 6) is -1.31. The van der Waals surface area contributed by atoms with E-state index in [-0.39, 0.29) is 28.3 Å². The normalized spacial score (nSPS) is 28.5. The van der Waals surface area contributed by atoms with E-state index in [0.717, 1.165) is 25.0 Å². The van der Waals surface area contributed by atoms with E-state index in [4.69, 9.17) is 12.2 Å². The summed E-state index contributed by atoms with van der Waals surface area (Å²) in [5, 5.41) is 0.144. The zero-order valence-corrected chi connectivity index (χ0v) is 9.51. The van der Waals surface area contributed by atoms with Gasteiger partial charge in [-0.25, -0.2) is 13.8 Å². The molecule has 1 atom stereocenters. The number of rotatable bonds is 1. The molecule has 17 heavy (non-hydrogen) atoms. The van der Waals surface area contributed by atoms with Crippen molar-refractivity contribution in [2.45, 2.75) is 25.1 Å². The molecular weight excluding hydrogens is 246 g/mol. The van der Waals surface area contributed by atoms with Crippen molar-refractivity contribution in [2.24, 2.45) is 4.99 Å². The van der Waals surface area contributed by atoms with E-state index in [2.05, 4.69) is 4.99 Å². The van der Waals surface area contributed by atoms with Crippen molar-refractivity contribution in [2.75, 3.05) is 0 Å². The number of thiocarbonyl (C=S) groups is 1. The molecule has 88 valence electrons. The first-order chi connectivity index (χ1) is 8.08. The van der Waals surface area contributed by atoms with Crippen LogP contribution in [0.2, 0.25) is 0 Å². The molecule has 1 saturated carbocycles. The van der Waals surface area contributed by atoms with Gasteiger partial charge in [-0.2, -0.15) is 0 Å². The lowest BCUT2D eigenvalue weighted by atomic mass is 9.99. The largest absolute Gasteiger partial charge is 0.280 e. The predicted molar refractivity (Wildman–Crippen MR) is 62.1 cm³/mol. The van der Waals surface area contributed by atoms with E-state index in [1.54, 1.807) is 0 Å². The minimum absolute atomic E-state index is 0.0787. The van der Waals surface area contributed by atoms with Crippen LogP contribution < -0.4 is 0 Å². The highest BCUT2D eigenvalue weighted by Crippen LogP contribution is 2.33. The topological polar surface area (TPSA) is 32.7 Å². The van der Waals surface area contributed by atoms with Crippen LogP contribution in [0.1, 0.15) is 12.8 Å². The summed E-state index contributed by atoms with van der Waals surface area (Å²) in [5.41, 5.74) is 0.239. The monoisotopic (exact) mass is 254 g/mol. The molecule has 3 nitrogen and oxygen atoms in total. The van der Waals surface area contributed by atoms with Gasteiger partial charge >= 0.3 is 0 Å². The molecule has 1 heterocycles. The number of carbonyl (C=O) groups excluding carboxylic acids is 1. The van der Waals surface area contributed by atoms with Gasteiger partial charge in [0.1, 0.15) is 5.83 Å². The van der Waals surface area contributed by atoms with E-state index in [0.29, 0.717) is 0 Å². The molecule has 0 saturated heterocycles. The maximum atomic E-state index is 13.2. The standard InChI is InChI=1S/C11H8F2N2OS/c12-7-3-6-9(4-8(7)13)14-11(17)15(10(6)16)5-1-2-5/h3-5,7H,1-2H2. The van der Waals surface area contributed by atoms with Gasteiger partial charge in [-0.1, -0.05) is 0 Å². The van der Waals surface area contributed by atoms with E-state index in [1.165, 1.54) is 4.90 Å². The highest BCUT2D eigenvalue weighted by atomic mass is 32.1. The number of fused-ring (bicyclic) bond motifs is 1. The Morgan fingerprint density at radius 3 is 2.82 bits per heavy atom. The third kappa shape index (κ3) is 1.63. The zero-order valence-electron chi connectivity index (χ0n) is 8.69. The van der Waals surface area contributed by atoms with E-state index in [9.17, 15) is 13.6 Å². The van der Waals surface area contributed by atoms with Gasteiger partial charge in [-0.3, -0.25) is 9.69 Å². The van der Waals surface area contributed by atoms with Crippen LogP contribution in [0.25, 0.3) is 0 Å². The number of allylic oxidation sites excluding steroid dienone is 3. The molecule has 0 aromatic heterocycles. The summed E-state index contributed by atoms with van der Waals surface area (Å²) >= 11 is 5.00. The number of nitrogens with zero attached hydrogens (tertiary/aromatic N) is 2. The Balaban J connectivity index is 2.05. The molecule has 1 unspecified atom stereocenters. The Morgan fingerprint density at radius 2 is 2.18 bits per heavy atom. The molecule has 0 N–H and O–H groups in total. The molecule has 1 fully saturated rings. The molecule has 0 spiro atoms. The zero-order chi connectivity index (χ0) is 12.2. The van der Waals surface area contributed by atoms with Crippen LogP contribution in [0.4, 0.5) is 8.78 Å². The first-order valence-electron chi connectivity index (χ1n) is 5.27. The summed E-state index contributed by atoms with van der Waals surface area (Å²) in [7, 11) is 0. The minimum atomic E-state index is -1.86. The van der Waals surface area contributed by atoms with Crippen molar-refractivity contribution in [1.82, 2.24) is 4.90 Å². The fourth-order valence-electron chi connectivity index (χ4n) is 1.90. The molecule has 0 aromatic rings. The molecule has 6 heteroatoms. The molecule has 3 aliphatic rings. The molecule has 0 radical (unpaired) electrons. The van der Waals surface area contributed by atoms with E-state index in [1.807, 2.05) is 0 Å². The summed E-state index contributed by atoms with van der Waals surface area (Å²) in [6.07, 6.45) is 1.81. The van der Waals surface area contributed by atoms with Gasteiger partial charge in [0.15, 0.2) is 6.17 Å². The summed E-state index contributed by atoms with van der Waals surface area (Å²) in [6.45, 7) is 0. The Morgan fingerprint density at radius 1 is 1.47 bits per heavy atom. The second-order valence-corrected chi connectivity index (χ2v) is 4.56. The van der Waals surface area contributed by atoms with Crippen molar-refractivity contribution in [3.05, 3.63) is 23.6 Å². The maximum absolute atomic E-state index is 13.2. The van der Waals surface area contributed by atoms with Gasteiger partial charge in [0, 0.05) is 6.04 Å². The van der Waals surface area contributed by atoms with Crippen LogP contribution >= 0.6 is 12.2 Å². The number of alkyl halides is 1. The lowest BCUT2D eigenvalue weighted by molar-refractivity contribution is -0.123. The van der Waals surface area contributed by atoms with E-state index >= 15 is 0 Å². The molecular formula is C11H8F2N2OS. The average molecular weight is 254 g/mol. The van der Waals surface area contributed by atoms with Gasteiger partial charge < -0.3 is 0 Å². The highest BCUT2D eigenvalue weighted by molar-refractivity contribution is 7.80. The Hall–Kier alpha value is -1.43. The summed E-state index contributed by atoms with van der Waals surface area (Å²) in [4.78, 5) is 17.5. The van der Waals surface area contributed by atoms with Crippen molar-refractivity contribution < 1.29 is 13.6 Å². The Bertz CT molecular complexity index is 520. The summed E-state index contributed by atoms with van der Waals surface area (Å²) in [6, 6.07) is 0.0787. The van der Waals surface area contributed by atoms with Crippen LogP contribution in [0, 0.1) is 0 Å². The average Bonchev–Trinajstić information content (AvgIpc) is 3.06. The second-order valence-electron chi connectivity index (χ2n) is 4.20. The molecule has 1 amide bonds. The first kappa shape index (κ1) is 10.7. The van der Waals surface area contributed by atoms with Gasteiger partial charge in [0.2, 0.25) is 5.11 Å². The van der Waals surface area contributed by atoms with Crippen molar-refractivity contribution in [1.29, 1.82) is 0 Å². The minimum Gasteiger partial charge on any atom is -0.280 e. The van der Waals surface area contributed by atoms with Crippen molar-refractivity contribution >= 4 is 28.9 Å². The van der Waals surface area contributed by atoms with Gasteiger partial charge in [-0.15, -0.1) is 0 Å². The highest BCUT2D eigenvalue weighted by Gasteiger charge is 2.41.